The van der Waals surface area contributed by atoms with Gasteiger partial charge >= 0.3 is 38.7 Å². The molecule has 19 nitrogen and oxygen atoms in total. The van der Waals surface area contributed by atoms with Crippen molar-refractivity contribution in [2.45, 2.75) is 115 Å². The van der Waals surface area contributed by atoms with Gasteiger partial charge in [0.2, 0.25) is 0 Å². The minimum absolute atomic E-state index is 0.0152. The minimum Gasteiger partial charge on any atom is -0.480 e. The summed E-state index contributed by atoms with van der Waals surface area (Å²) in [5.41, 5.74) is -3.57. The minimum atomic E-state index is -5.54. The quantitative estimate of drug-likeness (QED) is 0.0294. The summed E-state index contributed by atoms with van der Waals surface area (Å²) in [5.74, 6) is -5.92. The lowest BCUT2D eigenvalue weighted by Crippen LogP contribution is -2.67. The second kappa shape index (κ2) is 14.4. The van der Waals surface area contributed by atoms with Crippen molar-refractivity contribution in [2.75, 3.05) is 6.61 Å². The second-order valence-corrected chi connectivity index (χ2v) is 17.6. The smallest absolute Gasteiger partial charge is 0.397 e. The number of carboxylic acid groups (broad SMARTS) is 2. The van der Waals surface area contributed by atoms with Crippen molar-refractivity contribution in [3.05, 3.63) is 12.2 Å². The number of carboxylic acids is 2. The summed E-state index contributed by atoms with van der Waals surface area (Å²) in [6.45, 7) is 8.14. The molecule has 296 valence electrons. The van der Waals surface area contributed by atoms with Gasteiger partial charge < -0.3 is 29.5 Å². The molecule has 1 saturated heterocycles. The molecule has 5 aliphatic rings. The first-order valence-electron chi connectivity index (χ1n) is 16.9. The molecule has 4 saturated carbocycles. The molecule has 0 amide bonds. The Morgan fingerprint density at radius 2 is 1.54 bits per heavy atom. The van der Waals surface area contributed by atoms with Crippen molar-refractivity contribution in [1.82, 2.24) is 0 Å². The number of carbonyl (C=O) groups is 3. The van der Waals surface area contributed by atoms with Gasteiger partial charge in [-0.1, -0.05) is 27.4 Å². The summed E-state index contributed by atoms with van der Waals surface area (Å²) in [5, 5.41) is 42.1. The Balaban J connectivity index is 1.60. The van der Waals surface area contributed by atoms with Gasteiger partial charge in [0.25, 0.3) is 0 Å². The number of hydrogen-bond donors (Lipinski definition) is 6. The number of rotatable bonds is 13. The van der Waals surface area contributed by atoms with Gasteiger partial charge in [0.1, 0.15) is 18.8 Å². The van der Waals surface area contributed by atoms with E-state index in [4.69, 9.17) is 18.4 Å². The maximum absolute atomic E-state index is 13.2. The van der Waals surface area contributed by atoms with Crippen LogP contribution in [0.1, 0.15) is 72.1 Å². The van der Waals surface area contributed by atoms with Gasteiger partial charge in [-0.25, -0.2) is 13.3 Å². The van der Waals surface area contributed by atoms with Crippen LogP contribution in [0.15, 0.2) is 12.2 Å². The highest BCUT2D eigenvalue weighted by Crippen LogP contribution is 2.72. The third-order valence-corrected chi connectivity index (χ3v) is 13.0. The zero-order chi connectivity index (χ0) is 38.8. The lowest BCUT2D eigenvalue weighted by Gasteiger charge is -2.64. The molecular weight excluding hydrogens is 740 g/mol. The molecule has 2 bridgehead atoms. The third-order valence-electron chi connectivity index (χ3n) is 12.1. The van der Waals surface area contributed by atoms with Crippen LogP contribution in [0.5, 0.6) is 0 Å². The van der Waals surface area contributed by atoms with E-state index in [1.54, 1.807) is 20.8 Å². The van der Waals surface area contributed by atoms with Crippen molar-refractivity contribution >= 4 is 38.7 Å². The van der Waals surface area contributed by atoms with E-state index >= 15 is 0 Å². The van der Waals surface area contributed by atoms with Crippen LogP contribution in [0.4, 0.5) is 0 Å². The predicted molar refractivity (Wildman–Crippen MR) is 170 cm³/mol. The highest BCUT2D eigenvalue weighted by molar-refractivity contribution is 7.81. The van der Waals surface area contributed by atoms with Crippen molar-refractivity contribution < 1.29 is 88.4 Å². The van der Waals surface area contributed by atoms with Crippen LogP contribution in [-0.2, 0) is 62.6 Å². The Labute approximate surface area is 300 Å². The Bertz CT molecular complexity index is 1630. The van der Waals surface area contributed by atoms with Gasteiger partial charge in [0.15, 0.2) is 23.9 Å². The van der Waals surface area contributed by atoms with Gasteiger partial charge in [-0.3, -0.25) is 28.7 Å². The summed E-state index contributed by atoms with van der Waals surface area (Å²) in [6.07, 6.45) is -11.7. The molecule has 5 rings (SSSR count). The van der Waals surface area contributed by atoms with Gasteiger partial charge in [0.05, 0.1) is 12.2 Å². The Morgan fingerprint density at radius 3 is 2.10 bits per heavy atom. The van der Waals surface area contributed by atoms with E-state index in [-0.39, 0.29) is 37.0 Å². The topological polar surface area (TPSA) is 296 Å². The average Bonchev–Trinajstić information content (AvgIpc) is 3.17. The standard InChI is InChI=1S/C31H46O19S2/c1-14(2)9-21(32)48-24-23(50-52(42,43)44)22(49-51(39,40)41)18(13-45-38)47-26(24)46-17-11-29(4)19-6-5-16-10-30(19,25(33)15(16)3)8-7-20(29)31(12-17,27(34)35)28(36)37/h14,16-20,22-26,33,38H,3,5-13H2,1-2,4H3,(H,34,35)(H,36,37)(H,39,40,41)(H,42,43,44)/t16-,17+,18-,19+,20+,22-,23-,24+,25-,26-,29+,30+/m0/s1. The molecule has 1 heterocycles. The van der Waals surface area contributed by atoms with Crippen molar-refractivity contribution in [2.24, 2.45) is 39.9 Å². The lowest BCUT2D eigenvalue weighted by atomic mass is 9.40. The maximum Gasteiger partial charge on any atom is 0.397 e. The first kappa shape index (κ1) is 40.9. The summed E-state index contributed by atoms with van der Waals surface area (Å²) in [6, 6.07) is 0. The molecular formula is C31H46O19S2. The van der Waals surface area contributed by atoms with E-state index in [0.29, 0.717) is 31.3 Å². The molecule has 12 atom stereocenters. The lowest BCUT2D eigenvalue weighted by molar-refractivity contribution is -0.340. The second-order valence-electron chi connectivity index (χ2n) is 15.5. The van der Waals surface area contributed by atoms with Crippen LogP contribution in [0.2, 0.25) is 0 Å². The first-order chi connectivity index (χ1) is 24.0. The molecule has 0 radical (unpaired) electrons. The number of ether oxygens (including phenoxy) is 3. The maximum atomic E-state index is 13.2. The van der Waals surface area contributed by atoms with E-state index < -0.39 is 117 Å². The Kier molecular flexibility index (Phi) is 11.3. The van der Waals surface area contributed by atoms with Crippen LogP contribution >= 0.6 is 0 Å². The fourth-order valence-corrected chi connectivity index (χ4v) is 11.3. The molecule has 0 aromatic carbocycles. The summed E-state index contributed by atoms with van der Waals surface area (Å²) in [7, 11) is -11.0. The third kappa shape index (κ3) is 7.38. The summed E-state index contributed by atoms with van der Waals surface area (Å²) in [4.78, 5) is 43.4. The number of aliphatic hydroxyl groups excluding tert-OH is 1. The largest absolute Gasteiger partial charge is 0.480 e. The van der Waals surface area contributed by atoms with Gasteiger partial charge in [-0.2, -0.15) is 16.8 Å². The molecule has 6 N–H and O–H groups in total. The van der Waals surface area contributed by atoms with E-state index in [0.717, 1.165) is 0 Å². The van der Waals surface area contributed by atoms with E-state index in [9.17, 15) is 60.9 Å². The Morgan fingerprint density at radius 1 is 0.923 bits per heavy atom. The number of fused-ring (bicyclic) bond motifs is 3. The predicted octanol–water partition coefficient (Wildman–Crippen LogP) is 1.62. The summed E-state index contributed by atoms with van der Waals surface area (Å²) >= 11 is 0. The van der Waals surface area contributed by atoms with Crippen LogP contribution in [0.3, 0.4) is 0 Å². The monoisotopic (exact) mass is 786 g/mol. The highest BCUT2D eigenvalue weighted by atomic mass is 32.3. The fraction of sp³-hybridized carbons (Fsp3) is 0.839. The molecule has 1 spiro atoms. The van der Waals surface area contributed by atoms with Crippen molar-refractivity contribution in [3.63, 3.8) is 0 Å². The van der Waals surface area contributed by atoms with Crippen LogP contribution in [0, 0.1) is 39.9 Å². The molecule has 1 aliphatic heterocycles. The van der Waals surface area contributed by atoms with E-state index in [2.05, 4.69) is 15.6 Å². The van der Waals surface area contributed by atoms with Crippen molar-refractivity contribution in [1.29, 1.82) is 0 Å². The average molecular weight is 787 g/mol. The Hall–Kier alpha value is -2.31. The van der Waals surface area contributed by atoms with Gasteiger partial charge in [-0.05, 0) is 73.2 Å². The van der Waals surface area contributed by atoms with Crippen LogP contribution in [0.25, 0.3) is 0 Å². The van der Waals surface area contributed by atoms with Crippen molar-refractivity contribution in [3.8, 4) is 0 Å². The molecule has 0 aromatic rings. The van der Waals surface area contributed by atoms with E-state index in [1.165, 1.54) is 0 Å². The molecule has 0 unspecified atom stereocenters. The molecule has 52 heavy (non-hydrogen) atoms. The number of esters is 1. The van der Waals surface area contributed by atoms with E-state index in [1.807, 2.05) is 0 Å². The van der Waals surface area contributed by atoms with Crippen LogP contribution in [-0.4, -0.2) is 114 Å². The first-order valence-corrected chi connectivity index (χ1v) is 19.6. The zero-order valence-corrected chi connectivity index (χ0v) is 30.4. The molecule has 5 fully saturated rings. The van der Waals surface area contributed by atoms with Gasteiger partial charge in [0, 0.05) is 18.3 Å². The normalized spacial score (nSPS) is 40.1. The number of aliphatic carboxylic acids is 2. The SMILES string of the molecule is C=C1[C@H]2CC[C@@H]3[C@@]4(C)C[C@@H](O[C@H]5O[C@@H](COO)[C@H](OS(=O)(=O)O)[C@H](OS(=O)(=O)O)[C@H]5OC(=O)CC(C)C)CC(C(=O)O)(C(=O)O)[C@@H]4CC[C@]3(C2)[C@H]1O. The molecule has 21 heteroatoms. The fourth-order valence-electron chi connectivity index (χ4n) is 10.3. The van der Waals surface area contributed by atoms with Crippen LogP contribution < -0.4 is 0 Å². The summed E-state index contributed by atoms with van der Waals surface area (Å²) < 4.78 is 93.9. The number of hydrogen-bond acceptors (Lipinski definition) is 15. The number of carbonyl (C=O) groups excluding carboxylic acids is 1. The van der Waals surface area contributed by atoms with Gasteiger partial charge in [-0.15, -0.1) is 0 Å². The molecule has 4 aliphatic carbocycles. The molecule has 0 aromatic heterocycles. The highest BCUT2D eigenvalue weighted by Gasteiger charge is 2.72. The zero-order valence-electron chi connectivity index (χ0n) is 28.7. The number of aliphatic hydroxyl groups is 1.